The molecule has 1 aromatic rings. The van der Waals surface area contributed by atoms with E-state index in [2.05, 4.69) is 15.0 Å². The first-order chi connectivity index (χ1) is 8.99. The predicted octanol–water partition coefficient (Wildman–Crippen LogP) is 1.16. The fourth-order valence-electron chi connectivity index (χ4n) is 2.19. The summed E-state index contributed by atoms with van der Waals surface area (Å²) in [6, 6.07) is 0. The highest BCUT2D eigenvalue weighted by Crippen LogP contribution is 2.15. The average molecular weight is 343 g/mol. The number of hydrogen-bond donors (Lipinski definition) is 2. The maximum atomic E-state index is 12.0. The molecule has 9 heteroatoms. The van der Waals surface area contributed by atoms with Gasteiger partial charge < -0.3 is 9.88 Å². The van der Waals surface area contributed by atoms with Crippen LogP contribution < -0.4 is 10.0 Å². The second-order valence-electron chi connectivity index (χ2n) is 4.86. The minimum atomic E-state index is -3.55. The second-order valence-corrected chi connectivity index (χ2v) is 6.91. The van der Waals surface area contributed by atoms with Gasteiger partial charge in [-0.05, 0) is 49.9 Å². The summed E-state index contributed by atoms with van der Waals surface area (Å²) in [6.45, 7) is 2.47. The normalized spacial score (nSPS) is 19.6. The number of hydrogen-bond acceptors (Lipinski definition) is 4. The van der Waals surface area contributed by atoms with Gasteiger partial charge in [0.1, 0.15) is 0 Å². The van der Waals surface area contributed by atoms with Crippen LogP contribution in [-0.2, 0) is 17.1 Å². The van der Waals surface area contributed by atoms with E-state index in [1.807, 2.05) is 0 Å². The molecule has 0 aliphatic carbocycles. The fraction of sp³-hybridized carbons (Fsp3) is 0.727. The smallest absolute Gasteiger partial charge is 0.259 e. The van der Waals surface area contributed by atoms with Crippen molar-refractivity contribution >= 4 is 34.0 Å². The van der Waals surface area contributed by atoms with E-state index in [4.69, 9.17) is 11.6 Å². The lowest BCUT2D eigenvalue weighted by molar-refractivity contribution is 0.358. The molecule has 0 saturated carbocycles. The summed E-state index contributed by atoms with van der Waals surface area (Å²) in [6.07, 6.45) is 4.57. The number of halogens is 2. The van der Waals surface area contributed by atoms with E-state index in [1.165, 1.54) is 10.8 Å². The molecular formula is C11H20Cl2N4O2S. The minimum Gasteiger partial charge on any atom is -0.323 e. The summed E-state index contributed by atoms with van der Waals surface area (Å²) >= 11 is 5.74. The number of nitrogens with zero attached hydrogens (tertiary/aromatic N) is 2. The van der Waals surface area contributed by atoms with Crippen LogP contribution >= 0.6 is 24.0 Å². The van der Waals surface area contributed by atoms with Crippen molar-refractivity contribution in [3.05, 3.63) is 11.5 Å². The Kier molecular flexibility index (Phi) is 6.74. The molecule has 0 aromatic carbocycles. The summed E-state index contributed by atoms with van der Waals surface area (Å²) in [5.74, 6) is 0.545. The van der Waals surface area contributed by atoms with Crippen molar-refractivity contribution in [2.75, 3.05) is 19.6 Å². The van der Waals surface area contributed by atoms with Crippen LogP contribution in [0.4, 0.5) is 0 Å². The van der Waals surface area contributed by atoms with Crippen molar-refractivity contribution in [3.8, 4) is 0 Å². The summed E-state index contributed by atoms with van der Waals surface area (Å²) in [5.41, 5.74) is 0. The molecule has 2 rings (SSSR count). The summed E-state index contributed by atoms with van der Waals surface area (Å²) in [7, 11) is -1.89. The van der Waals surface area contributed by atoms with Gasteiger partial charge in [0.15, 0.2) is 5.03 Å². The third kappa shape index (κ3) is 4.60. The number of aryl methyl sites for hydroxylation is 1. The molecule has 0 spiro atoms. The topological polar surface area (TPSA) is 76.0 Å². The zero-order valence-electron chi connectivity index (χ0n) is 11.3. The first-order valence-corrected chi connectivity index (χ1v) is 8.24. The van der Waals surface area contributed by atoms with Gasteiger partial charge >= 0.3 is 0 Å². The molecule has 1 saturated heterocycles. The zero-order chi connectivity index (χ0) is 13.9. The fourth-order valence-corrected chi connectivity index (χ4v) is 3.42. The Labute approximate surface area is 130 Å². The number of piperidine rings is 1. The third-order valence-corrected chi connectivity index (χ3v) is 5.00. The lowest BCUT2D eigenvalue weighted by Gasteiger charge is -2.22. The Morgan fingerprint density at radius 3 is 2.90 bits per heavy atom. The van der Waals surface area contributed by atoms with Crippen LogP contribution in [-0.4, -0.2) is 37.6 Å². The number of rotatable bonds is 5. The minimum absolute atomic E-state index is 0. The highest BCUT2D eigenvalue weighted by atomic mass is 35.5. The van der Waals surface area contributed by atoms with E-state index >= 15 is 0 Å². The maximum absolute atomic E-state index is 12.0. The van der Waals surface area contributed by atoms with Crippen molar-refractivity contribution < 1.29 is 8.42 Å². The van der Waals surface area contributed by atoms with Crippen LogP contribution in [0.1, 0.15) is 19.3 Å². The molecule has 0 amide bonds. The van der Waals surface area contributed by atoms with E-state index in [-0.39, 0.29) is 22.7 Å². The number of imidazole rings is 1. The highest BCUT2D eigenvalue weighted by Gasteiger charge is 2.19. The van der Waals surface area contributed by atoms with Crippen molar-refractivity contribution in [3.63, 3.8) is 0 Å². The van der Waals surface area contributed by atoms with Crippen LogP contribution in [0.15, 0.2) is 11.2 Å². The van der Waals surface area contributed by atoms with Crippen molar-refractivity contribution in [2.24, 2.45) is 13.0 Å². The second kappa shape index (κ2) is 7.61. The summed E-state index contributed by atoms with van der Waals surface area (Å²) < 4.78 is 28.0. The van der Waals surface area contributed by atoms with Crippen molar-refractivity contribution in [1.29, 1.82) is 0 Å². The monoisotopic (exact) mass is 342 g/mol. The molecule has 1 aliphatic heterocycles. The van der Waals surface area contributed by atoms with E-state index < -0.39 is 10.0 Å². The zero-order valence-corrected chi connectivity index (χ0v) is 13.7. The van der Waals surface area contributed by atoms with E-state index in [0.29, 0.717) is 12.5 Å². The molecule has 2 N–H and O–H groups in total. The predicted molar refractivity (Wildman–Crippen MR) is 80.9 cm³/mol. The number of sulfonamides is 1. The van der Waals surface area contributed by atoms with Crippen LogP contribution in [0.5, 0.6) is 0 Å². The maximum Gasteiger partial charge on any atom is 0.259 e. The Balaban J connectivity index is 0.00000200. The number of nitrogens with one attached hydrogen (secondary N) is 2. The molecule has 1 atom stereocenters. The Hall–Kier alpha value is -0.340. The first kappa shape index (κ1) is 17.7. The molecule has 20 heavy (non-hydrogen) atoms. The Morgan fingerprint density at radius 1 is 1.60 bits per heavy atom. The molecule has 1 aliphatic rings. The van der Waals surface area contributed by atoms with E-state index in [9.17, 15) is 8.42 Å². The standard InChI is InChI=1S/C11H19ClN4O2S.ClH/c1-16-8-10(15-11(16)12)19(17,18)14-6-4-9-3-2-5-13-7-9;/h8-9,13-14H,2-7H2,1H3;1H. The molecule has 0 bridgehead atoms. The van der Waals surface area contributed by atoms with Crippen LogP contribution in [0.3, 0.4) is 0 Å². The molecule has 1 unspecified atom stereocenters. The molecule has 1 aromatic heterocycles. The Morgan fingerprint density at radius 2 is 2.35 bits per heavy atom. The van der Waals surface area contributed by atoms with Crippen LogP contribution in [0, 0.1) is 5.92 Å². The molecular weight excluding hydrogens is 323 g/mol. The summed E-state index contributed by atoms with van der Waals surface area (Å²) in [5, 5.41) is 3.45. The lowest BCUT2D eigenvalue weighted by atomic mass is 9.96. The third-order valence-electron chi connectivity index (χ3n) is 3.32. The van der Waals surface area contributed by atoms with E-state index in [1.54, 1.807) is 7.05 Å². The van der Waals surface area contributed by atoms with Crippen molar-refractivity contribution in [1.82, 2.24) is 19.6 Å². The molecule has 1 fully saturated rings. The van der Waals surface area contributed by atoms with Crippen LogP contribution in [0.2, 0.25) is 5.28 Å². The lowest BCUT2D eigenvalue weighted by Crippen LogP contribution is -2.33. The molecule has 2 heterocycles. The van der Waals surface area contributed by atoms with E-state index in [0.717, 1.165) is 32.4 Å². The summed E-state index contributed by atoms with van der Waals surface area (Å²) in [4.78, 5) is 3.81. The van der Waals surface area contributed by atoms with Gasteiger partial charge in [-0.3, -0.25) is 0 Å². The van der Waals surface area contributed by atoms with Gasteiger partial charge in [0, 0.05) is 19.8 Å². The van der Waals surface area contributed by atoms with Crippen molar-refractivity contribution in [2.45, 2.75) is 24.3 Å². The Bertz CT molecular complexity index is 507. The SMILES string of the molecule is Cl.Cn1cc(S(=O)(=O)NCCC2CCCNC2)nc1Cl. The molecule has 6 nitrogen and oxygen atoms in total. The van der Waals surface area contributed by atoms with Gasteiger partial charge in [0.05, 0.1) is 0 Å². The van der Waals surface area contributed by atoms with Gasteiger partial charge in [-0.2, -0.15) is 0 Å². The average Bonchev–Trinajstić information content (AvgIpc) is 2.72. The quantitative estimate of drug-likeness (QED) is 0.841. The van der Waals surface area contributed by atoms with Crippen LogP contribution in [0.25, 0.3) is 0 Å². The molecule has 0 radical (unpaired) electrons. The van der Waals surface area contributed by atoms with Gasteiger partial charge in [-0.25, -0.2) is 18.1 Å². The van der Waals surface area contributed by atoms with Gasteiger partial charge in [0.2, 0.25) is 5.28 Å². The number of aromatic nitrogens is 2. The highest BCUT2D eigenvalue weighted by molar-refractivity contribution is 7.89. The van der Waals surface area contributed by atoms with Gasteiger partial charge in [0.25, 0.3) is 10.0 Å². The van der Waals surface area contributed by atoms with Gasteiger partial charge in [-0.15, -0.1) is 12.4 Å². The first-order valence-electron chi connectivity index (χ1n) is 6.38. The largest absolute Gasteiger partial charge is 0.323 e. The van der Waals surface area contributed by atoms with Gasteiger partial charge in [-0.1, -0.05) is 0 Å². The molecule has 116 valence electrons.